The van der Waals surface area contributed by atoms with Crippen LogP contribution in [0.25, 0.3) is 0 Å². The van der Waals surface area contributed by atoms with Crippen LogP contribution >= 0.6 is 0 Å². The number of benzene rings is 2. The molecule has 2 aromatic carbocycles. The van der Waals surface area contributed by atoms with Crippen LogP contribution in [0.5, 0.6) is 0 Å². The third kappa shape index (κ3) is 2.93. The zero-order chi connectivity index (χ0) is 19.0. The van der Waals surface area contributed by atoms with Crippen LogP contribution < -0.4 is 0 Å². The molecule has 0 saturated heterocycles. The SMILES string of the molecule is O=[N+]([O-])c1ccc(C(O)(c2ccccc2F)C(F)(F)C(F)(F)F)cc1. The molecule has 0 saturated carbocycles. The van der Waals surface area contributed by atoms with Crippen LogP contribution in [0.4, 0.5) is 32.0 Å². The first-order valence-electron chi connectivity index (χ1n) is 6.59. The van der Waals surface area contributed by atoms with Crippen molar-refractivity contribution in [2.24, 2.45) is 0 Å². The van der Waals surface area contributed by atoms with Gasteiger partial charge in [-0.05, 0) is 23.8 Å². The number of halogens is 6. The van der Waals surface area contributed by atoms with Gasteiger partial charge in [0.1, 0.15) is 5.82 Å². The normalized spacial score (nSPS) is 14.8. The summed E-state index contributed by atoms with van der Waals surface area (Å²) in [5.74, 6) is -7.27. The molecule has 0 aliphatic carbocycles. The van der Waals surface area contributed by atoms with E-state index in [1.165, 1.54) is 0 Å². The molecule has 0 amide bonds. The fourth-order valence-corrected chi connectivity index (χ4v) is 2.29. The number of aliphatic hydroxyl groups is 1. The van der Waals surface area contributed by atoms with E-state index >= 15 is 0 Å². The van der Waals surface area contributed by atoms with Gasteiger partial charge in [0.2, 0.25) is 0 Å². The molecule has 0 radical (unpaired) electrons. The lowest BCUT2D eigenvalue weighted by Crippen LogP contribution is -2.56. The van der Waals surface area contributed by atoms with Crippen molar-refractivity contribution in [1.82, 2.24) is 0 Å². The summed E-state index contributed by atoms with van der Waals surface area (Å²) in [6, 6.07) is 5.51. The molecule has 0 bridgehead atoms. The fraction of sp³-hybridized carbons (Fsp3) is 0.200. The van der Waals surface area contributed by atoms with Crippen molar-refractivity contribution >= 4 is 5.69 Å². The van der Waals surface area contributed by atoms with Crippen molar-refractivity contribution in [1.29, 1.82) is 0 Å². The molecule has 1 N–H and O–H groups in total. The second kappa shape index (κ2) is 6.03. The van der Waals surface area contributed by atoms with Crippen molar-refractivity contribution in [3.05, 3.63) is 75.6 Å². The molecule has 4 nitrogen and oxygen atoms in total. The Balaban J connectivity index is 2.78. The zero-order valence-electron chi connectivity index (χ0n) is 12.1. The van der Waals surface area contributed by atoms with Gasteiger partial charge < -0.3 is 5.11 Å². The topological polar surface area (TPSA) is 63.4 Å². The van der Waals surface area contributed by atoms with Gasteiger partial charge in [-0.25, -0.2) is 4.39 Å². The van der Waals surface area contributed by atoms with Gasteiger partial charge in [0.25, 0.3) is 5.69 Å². The highest BCUT2D eigenvalue weighted by Crippen LogP contribution is 2.52. The van der Waals surface area contributed by atoms with E-state index in [9.17, 15) is 41.6 Å². The Morgan fingerprint density at radius 1 is 0.920 bits per heavy atom. The van der Waals surface area contributed by atoms with E-state index in [-0.39, 0.29) is 0 Å². The lowest BCUT2D eigenvalue weighted by atomic mass is 9.80. The summed E-state index contributed by atoms with van der Waals surface area (Å²) in [6.07, 6.45) is -6.22. The number of rotatable bonds is 4. The van der Waals surface area contributed by atoms with Gasteiger partial charge in [-0.15, -0.1) is 0 Å². The Labute approximate surface area is 136 Å². The molecule has 2 aromatic rings. The molecular formula is C15H9F6NO3. The molecule has 1 unspecified atom stereocenters. The predicted octanol–water partition coefficient (Wildman–Crippen LogP) is 4.17. The molecule has 2 rings (SSSR count). The van der Waals surface area contributed by atoms with E-state index in [0.29, 0.717) is 36.4 Å². The second-order valence-corrected chi connectivity index (χ2v) is 5.07. The molecule has 0 heterocycles. The van der Waals surface area contributed by atoms with Crippen LogP contribution in [0.15, 0.2) is 48.5 Å². The van der Waals surface area contributed by atoms with E-state index in [0.717, 1.165) is 12.1 Å². The van der Waals surface area contributed by atoms with Crippen molar-refractivity contribution in [3.63, 3.8) is 0 Å². The minimum absolute atomic E-state index is 0.518. The summed E-state index contributed by atoms with van der Waals surface area (Å²) in [7, 11) is 0. The fourth-order valence-electron chi connectivity index (χ4n) is 2.29. The quantitative estimate of drug-likeness (QED) is 0.503. The van der Waals surface area contributed by atoms with Crippen LogP contribution in [-0.4, -0.2) is 22.1 Å². The Morgan fingerprint density at radius 2 is 1.44 bits per heavy atom. The lowest BCUT2D eigenvalue weighted by molar-refractivity contribution is -0.384. The molecular weight excluding hydrogens is 356 g/mol. The van der Waals surface area contributed by atoms with E-state index in [1.807, 2.05) is 0 Å². The largest absolute Gasteiger partial charge is 0.457 e. The van der Waals surface area contributed by atoms with Gasteiger partial charge in [0.05, 0.1) is 4.92 Å². The first kappa shape index (κ1) is 18.7. The molecule has 0 spiro atoms. The minimum Gasteiger partial charge on any atom is -0.374 e. The first-order chi connectivity index (χ1) is 11.4. The van der Waals surface area contributed by atoms with Crippen molar-refractivity contribution in [2.75, 3.05) is 0 Å². The molecule has 0 fully saturated rings. The molecule has 0 aliphatic rings. The summed E-state index contributed by atoms with van der Waals surface area (Å²) >= 11 is 0. The maximum Gasteiger partial charge on any atom is 0.457 e. The van der Waals surface area contributed by atoms with Crippen LogP contribution in [0.1, 0.15) is 11.1 Å². The molecule has 0 aliphatic heterocycles. The van der Waals surface area contributed by atoms with Crippen LogP contribution in [0.3, 0.4) is 0 Å². The van der Waals surface area contributed by atoms with E-state index in [1.54, 1.807) is 0 Å². The average molecular weight is 365 g/mol. The van der Waals surface area contributed by atoms with Gasteiger partial charge in [0.15, 0.2) is 5.60 Å². The summed E-state index contributed by atoms with van der Waals surface area (Å²) in [4.78, 5) is 9.69. The molecule has 1 atom stereocenters. The molecule has 25 heavy (non-hydrogen) atoms. The lowest BCUT2D eigenvalue weighted by Gasteiger charge is -2.37. The average Bonchev–Trinajstić information content (AvgIpc) is 2.53. The number of hydrogen-bond donors (Lipinski definition) is 1. The third-order valence-corrected chi connectivity index (χ3v) is 3.57. The van der Waals surface area contributed by atoms with Crippen molar-refractivity contribution < 1.29 is 36.4 Å². The highest BCUT2D eigenvalue weighted by Gasteiger charge is 2.71. The van der Waals surface area contributed by atoms with E-state index in [4.69, 9.17) is 0 Å². The van der Waals surface area contributed by atoms with Crippen LogP contribution in [-0.2, 0) is 5.60 Å². The van der Waals surface area contributed by atoms with Crippen LogP contribution in [0, 0.1) is 15.9 Å². The number of nitrogens with zero attached hydrogens (tertiary/aromatic N) is 1. The van der Waals surface area contributed by atoms with E-state index < -0.39 is 45.3 Å². The Bertz CT molecular complexity index is 791. The Kier molecular flexibility index (Phi) is 4.51. The molecule has 10 heteroatoms. The summed E-state index contributed by atoms with van der Waals surface area (Å²) in [5, 5.41) is 20.9. The number of nitro benzene ring substituents is 1. The Morgan fingerprint density at radius 3 is 1.88 bits per heavy atom. The highest BCUT2D eigenvalue weighted by molar-refractivity contribution is 5.44. The third-order valence-electron chi connectivity index (χ3n) is 3.57. The number of hydrogen-bond acceptors (Lipinski definition) is 3. The van der Waals surface area contributed by atoms with Crippen molar-refractivity contribution in [2.45, 2.75) is 17.7 Å². The van der Waals surface area contributed by atoms with Gasteiger partial charge in [-0.1, -0.05) is 18.2 Å². The van der Waals surface area contributed by atoms with Crippen molar-refractivity contribution in [3.8, 4) is 0 Å². The zero-order valence-corrected chi connectivity index (χ0v) is 12.1. The maximum atomic E-state index is 14.1. The smallest absolute Gasteiger partial charge is 0.374 e. The summed E-state index contributed by atoms with van der Waals surface area (Å²) in [6.45, 7) is 0. The monoisotopic (exact) mass is 365 g/mol. The second-order valence-electron chi connectivity index (χ2n) is 5.07. The van der Waals surface area contributed by atoms with Crippen LogP contribution in [0.2, 0.25) is 0 Å². The number of alkyl halides is 5. The summed E-state index contributed by atoms with van der Waals surface area (Å²) < 4.78 is 80.9. The van der Waals surface area contributed by atoms with Gasteiger partial charge in [-0.3, -0.25) is 10.1 Å². The van der Waals surface area contributed by atoms with Gasteiger partial charge >= 0.3 is 12.1 Å². The molecule has 0 aromatic heterocycles. The number of non-ortho nitro benzene ring substituents is 1. The predicted molar refractivity (Wildman–Crippen MR) is 73.5 cm³/mol. The standard InChI is InChI=1S/C15H9F6NO3/c16-12-4-2-1-3-11(12)13(23,14(17,18)15(19,20)21)9-5-7-10(8-6-9)22(24)25/h1-8,23H. The summed E-state index contributed by atoms with van der Waals surface area (Å²) in [5.41, 5.74) is -7.09. The maximum absolute atomic E-state index is 14.1. The van der Waals surface area contributed by atoms with Gasteiger partial charge in [0, 0.05) is 17.7 Å². The minimum atomic E-state index is -6.22. The highest BCUT2D eigenvalue weighted by atomic mass is 19.4. The van der Waals surface area contributed by atoms with Gasteiger partial charge in [-0.2, -0.15) is 22.0 Å². The molecule has 134 valence electrons. The van der Waals surface area contributed by atoms with E-state index in [2.05, 4.69) is 0 Å². The first-order valence-corrected chi connectivity index (χ1v) is 6.59. The number of nitro groups is 1. The Hall–Kier alpha value is -2.62.